The van der Waals surface area contributed by atoms with Crippen LogP contribution in [0.5, 0.6) is 0 Å². The van der Waals surface area contributed by atoms with Crippen LogP contribution in [0, 0.1) is 0 Å². The lowest BCUT2D eigenvalue weighted by Crippen LogP contribution is -2.21. The van der Waals surface area contributed by atoms with E-state index in [9.17, 15) is 0 Å². The van der Waals surface area contributed by atoms with E-state index in [4.69, 9.17) is 34.7 Å². The Morgan fingerprint density at radius 2 is 1.25 bits per heavy atom. The molecule has 0 aliphatic heterocycles. The zero-order valence-electron chi connectivity index (χ0n) is 14.7. The SMILES string of the molecule is CN(c1ccc(N=Nc2ccc(N=C(N)N)cc2)cc1)c1nc(Cl)nc(Cl)n1. The summed E-state index contributed by atoms with van der Waals surface area (Å²) in [7, 11) is 1.79. The van der Waals surface area contributed by atoms with Crippen molar-refractivity contribution in [1.82, 2.24) is 15.0 Å². The third-order valence-electron chi connectivity index (χ3n) is 3.49. The van der Waals surface area contributed by atoms with Crippen molar-refractivity contribution in [3.8, 4) is 0 Å². The largest absolute Gasteiger partial charge is 0.370 e. The number of nitrogens with two attached hydrogens (primary N) is 2. The third kappa shape index (κ3) is 5.12. The summed E-state index contributed by atoms with van der Waals surface area (Å²) in [6, 6.07) is 14.3. The van der Waals surface area contributed by atoms with Crippen molar-refractivity contribution in [2.75, 3.05) is 11.9 Å². The molecule has 0 amide bonds. The highest BCUT2D eigenvalue weighted by Gasteiger charge is 2.10. The molecule has 28 heavy (non-hydrogen) atoms. The van der Waals surface area contributed by atoms with Gasteiger partial charge in [0.05, 0.1) is 17.1 Å². The number of azo groups is 1. The van der Waals surface area contributed by atoms with Gasteiger partial charge in [-0.15, -0.1) is 0 Å². The average Bonchev–Trinajstić information content (AvgIpc) is 2.66. The van der Waals surface area contributed by atoms with Gasteiger partial charge in [-0.2, -0.15) is 25.2 Å². The summed E-state index contributed by atoms with van der Waals surface area (Å²) in [5.41, 5.74) is 13.5. The second-order valence-electron chi connectivity index (χ2n) is 5.50. The van der Waals surface area contributed by atoms with Crippen molar-refractivity contribution in [1.29, 1.82) is 0 Å². The van der Waals surface area contributed by atoms with Crippen LogP contribution in [0.3, 0.4) is 0 Å². The number of rotatable bonds is 5. The van der Waals surface area contributed by atoms with Crippen LogP contribution in [0.2, 0.25) is 10.6 Å². The van der Waals surface area contributed by atoms with Gasteiger partial charge in [-0.25, -0.2) is 4.99 Å². The van der Waals surface area contributed by atoms with Crippen molar-refractivity contribution in [2.45, 2.75) is 0 Å². The molecule has 0 saturated heterocycles. The average molecular weight is 416 g/mol. The lowest BCUT2D eigenvalue weighted by atomic mass is 10.2. The van der Waals surface area contributed by atoms with Crippen LogP contribution in [0.4, 0.5) is 28.7 Å². The Labute approximate surface area is 170 Å². The smallest absolute Gasteiger partial charge is 0.235 e. The molecule has 9 nitrogen and oxygen atoms in total. The maximum Gasteiger partial charge on any atom is 0.235 e. The van der Waals surface area contributed by atoms with E-state index >= 15 is 0 Å². The molecule has 0 bridgehead atoms. The summed E-state index contributed by atoms with van der Waals surface area (Å²) in [5.74, 6) is 0.335. The van der Waals surface area contributed by atoms with Crippen LogP contribution in [0.15, 0.2) is 63.8 Å². The number of aromatic nitrogens is 3. The minimum atomic E-state index is 0.00106. The first-order valence-electron chi connectivity index (χ1n) is 7.93. The lowest BCUT2D eigenvalue weighted by molar-refractivity contribution is 0.985. The fourth-order valence-electron chi connectivity index (χ4n) is 2.18. The maximum absolute atomic E-state index is 5.82. The summed E-state index contributed by atoms with van der Waals surface area (Å²) in [4.78, 5) is 17.5. The Morgan fingerprint density at radius 1 is 0.786 bits per heavy atom. The zero-order valence-corrected chi connectivity index (χ0v) is 16.2. The number of benzene rings is 2. The zero-order chi connectivity index (χ0) is 20.1. The van der Waals surface area contributed by atoms with Crippen LogP contribution in [-0.4, -0.2) is 28.0 Å². The molecule has 1 aromatic heterocycles. The van der Waals surface area contributed by atoms with Crippen LogP contribution in [-0.2, 0) is 0 Å². The van der Waals surface area contributed by atoms with Crippen LogP contribution >= 0.6 is 23.2 Å². The first-order valence-corrected chi connectivity index (χ1v) is 8.68. The van der Waals surface area contributed by atoms with Gasteiger partial charge < -0.3 is 16.4 Å². The van der Waals surface area contributed by atoms with Crippen molar-refractivity contribution >= 4 is 57.9 Å². The predicted octanol–water partition coefficient (Wildman–Crippen LogP) is 4.27. The molecular weight excluding hydrogens is 401 g/mol. The summed E-state index contributed by atoms with van der Waals surface area (Å²) in [6.45, 7) is 0. The minimum Gasteiger partial charge on any atom is -0.370 e. The lowest BCUT2D eigenvalue weighted by Gasteiger charge is -2.16. The molecule has 0 saturated carbocycles. The van der Waals surface area contributed by atoms with Crippen molar-refractivity contribution in [2.24, 2.45) is 26.7 Å². The van der Waals surface area contributed by atoms with E-state index in [1.165, 1.54) is 0 Å². The second-order valence-corrected chi connectivity index (χ2v) is 6.18. The Morgan fingerprint density at radius 3 is 1.75 bits per heavy atom. The summed E-state index contributed by atoms with van der Waals surface area (Å²) < 4.78 is 0. The molecule has 2 aromatic carbocycles. The minimum absolute atomic E-state index is 0.00106. The molecule has 1 heterocycles. The number of hydrogen-bond acceptors (Lipinski definition) is 7. The van der Waals surface area contributed by atoms with E-state index in [2.05, 4.69) is 30.2 Å². The van der Waals surface area contributed by atoms with Gasteiger partial charge in [-0.3, -0.25) is 0 Å². The predicted molar refractivity (Wildman–Crippen MR) is 110 cm³/mol. The van der Waals surface area contributed by atoms with Crippen molar-refractivity contribution in [3.05, 3.63) is 59.1 Å². The Balaban J connectivity index is 1.71. The second kappa shape index (κ2) is 8.59. The van der Waals surface area contributed by atoms with Gasteiger partial charge in [0.25, 0.3) is 0 Å². The third-order valence-corrected chi connectivity index (χ3v) is 3.83. The summed E-state index contributed by atoms with van der Waals surface area (Å²) in [5, 5.41) is 8.44. The number of guanidine groups is 1. The number of hydrogen-bond donors (Lipinski definition) is 2. The van der Waals surface area contributed by atoms with Gasteiger partial charge in [0.15, 0.2) is 5.96 Å². The van der Waals surface area contributed by atoms with Gasteiger partial charge in [0.1, 0.15) is 0 Å². The van der Waals surface area contributed by atoms with Gasteiger partial charge in [-0.1, -0.05) is 0 Å². The Kier molecular flexibility index (Phi) is 5.97. The van der Waals surface area contributed by atoms with Gasteiger partial charge >= 0.3 is 0 Å². The van der Waals surface area contributed by atoms with Gasteiger partial charge in [0, 0.05) is 12.7 Å². The summed E-state index contributed by atoms with van der Waals surface area (Å²) in [6.07, 6.45) is 0. The van der Waals surface area contributed by atoms with Gasteiger partial charge in [-0.05, 0) is 71.7 Å². The molecule has 11 heteroatoms. The molecule has 3 aromatic rings. The molecule has 0 unspecified atom stereocenters. The monoisotopic (exact) mass is 415 g/mol. The molecule has 0 fully saturated rings. The van der Waals surface area contributed by atoms with Crippen LogP contribution in [0.25, 0.3) is 0 Å². The highest BCUT2D eigenvalue weighted by Crippen LogP contribution is 2.26. The molecule has 3 rings (SSSR count). The Hall–Kier alpha value is -3.30. The van der Waals surface area contributed by atoms with E-state index in [0.29, 0.717) is 23.0 Å². The fourth-order valence-corrected chi connectivity index (χ4v) is 2.54. The molecule has 4 N–H and O–H groups in total. The topological polar surface area (TPSA) is 131 Å². The Bertz CT molecular complexity index is 994. The molecule has 0 radical (unpaired) electrons. The normalized spacial score (nSPS) is 10.8. The standard InChI is InChI=1S/C17H15Cl2N9/c1-28(17-24-14(18)23-15(19)25-17)13-8-6-12(7-9-13)27-26-11-4-2-10(3-5-11)22-16(20)21/h2-9H,1H3,(H4,20,21,22). The number of halogens is 2. The van der Waals surface area contributed by atoms with E-state index < -0.39 is 0 Å². The molecule has 0 atom stereocenters. The van der Waals surface area contributed by atoms with Crippen molar-refractivity contribution in [3.63, 3.8) is 0 Å². The molecule has 0 spiro atoms. The molecule has 0 aliphatic rings. The van der Waals surface area contributed by atoms with Crippen molar-refractivity contribution < 1.29 is 0 Å². The molecule has 142 valence electrons. The number of anilines is 2. The van der Waals surface area contributed by atoms with Crippen LogP contribution < -0.4 is 16.4 Å². The highest BCUT2D eigenvalue weighted by molar-refractivity contribution is 6.31. The summed E-state index contributed by atoms with van der Waals surface area (Å²) >= 11 is 11.6. The van der Waals surface area contributed by atoms with E-state index in [0.717, 1.165) is 5.69 Å². The van der Waals surface area contributed by atoms with Crippen LogP contribution in [0.1, 0.15) is 0 Å². The number of nitrogens with zero attached hydrogens (tertiary/aromatic N) is 7. The molecule has 0 aliphatic carbocycles. The quantitative estimate of drug-likeness (QED) is 0.363. The highest BCUT2D eigenvalue weighted by atomic mass is 35.5. The molecular formula is C17H15Cl2N9. The number of aliphatic imine (C=N–C) groups is 1. The fraction of sp³-hybridized carbons (Fsp3) is 0.0588. The van der Waals surface area contributed by atoms with Gasteiger partial charge in [0.2, 0.25) is 16.5 Å². The maximum atomic E-state index is 5.82. The first kappa shape index (κ1) is 19.5. The van der Waals surface area contributed by atoms with E-state index in [-0.39, 0.29) is 16.5 Å². The van der Waals surface area contributed by atoms with E-state index in [1.54, 1.807) is 36.2 Å². The first-order chi connectivity index (χ1) is 13.4. The van der Waals surface area contributed by atoms with E-state index in [1.807, 2.05) is 24.3 Å².